The molecular formula is C11H14N4O3S. The van der Waals surface area contributed by atoms with E-state index in [-0.39, 0.29) is 10.8 Å². The number of aryl methyl sites for hydroxylation is 1. The van der Waals surface area contributed by atoms with Crippen LogP contribution in [0.2, 0.25) is 0 Å². The van der Waals surface area contributed by atoms with Gasteiger partial charge in [-0.3, -0.25) is 0 Å². The molecule has 2 rings (SSSR count). The molecular weight excluding hydrogens is 268 g/mol. The summed E-state index contributed by atoms with van der Waals surface area (Å²) < 4.78 is 31.4. The number of hydrogen-bond acceptors (Lipinski definition) is 6. The standard InChI is InChI=1S/C11H14N4O3S/c1-3-12-10-7-9(4-5-13-10)19(16,17)15-11-6-8(2)14-18-11/h4-7,15H,3H2,1-2H3,(H,12,13). The van der Waals surface area contributed by atoms with Gasteiger partial charge in [-0.2, -0.15) is 0 Å². The third-order valence-corrected chi connectivity index (χ3v) is 3.61. The Hall–Kier alpha value is -2.09. The molecule has 0 unspecified atom stereocenters. The van der Waals surface area contributed by atoms with Gasteiger partial charge in [0.1, 0.15) is 5.82 Å². The van der Waals surface area contributed by atoms with E-state index in [1.54, 1.807) is 6.92 Å². The Balaban J connectivity index is 2.26. The summed E-state index contributed by atoms with van der Waals surface area (Å²) in [5, 5.41) is 6.56. The smallest absolute Gasteiger partial charge is 0.264 e. The number of anilines is 2. The molecule has 0 spiro atoms. The first kappa shape index (κ1) is 13.3. The Morgan fingerprint density at radius 3 is 2.79 bits per heavy atom. The van der Waals surface area contributed by atoms with Crippen LogP contribution in [0.25, 0.3) is 0 Å². The molecule has 0 fully saturated rings. The minimum absolute atomic E-state index is 0.0827. The molecule has 102 valence electrons. The number of nitrogens with one attached hydrogen (secondary N) is 2. The molecule has 2 N–H and O–H groups in total. The summed E-state index contributed by atoms with van der Waals surface area (Å²) in [7, 11) is -3.70. The maximum absolute atomic E-state index is 12.1. The van der Waals surface area contributed by atoms with Crippen LogP contribution < -0.4 is 10.0 Å². The predicted molar refractivity (Wildman–Crippen MR) is 70.4 cm³/mol. The molecule has 0 aliphatic heterocycles. The molecule has 0 aliphatic carbocycles. The summed E-state index contributed by atoms with van der Waals surface area (Å²) >= 11 is 0. The van der Waals surface area contributed by atoms with E-state index in [1.165, 1.54) is 24.4 Å². The Bertz CT molecular complexity index is 666. The van der Waals surface area contributed by atoms with Crippen molar-refractivity contribution in [3.63, 3.8) is 0 Å². The average Bonchev–Trinajstić information content (AvgIpc) is 2.75. The van der Waals surface area contributed by atoms with Crippen molar-refractivity contribution in [3.05, 3.63) is 30.1 Å². The van der Waals surface area contributed by atoms with Gasteiger partial charge in [0.05, 0.1) is 10.6 Å². The largest absolute Gasteiger partial charge is 0.370 e. The highest BCUT2D eigenvalue weighted by Gasteiger charge is 2.17. The first-order valence-corrected chi connectivity index (χ1v) is 7.15. The van der Waals surface area contributed by atoms with Crippen molar-refractivity contribution in [2.45, 2.75) is 18.7 Å². The molecule has 0 saturated carbocycles. The molecule has 2 heterocycles. The molecule has 0 saturated heterocycles. The van der Waals surface area contributed by atoms with Crippen LogP contribution in [-0.2, 0) is 10.0 Å². The van der Waals surface area contributed by atoms with E-state index >= 15 is 0 Å². The maximum Gasteiger partial charge on any atom is 0.264 e. The molecule has 0 atom stereocenters. The fourth-order valence-corrected chi connectivity index (χ4v) is 2.44. The first-order valence-electron chi connectivity index (χ1n) is 5.67. The lowest BCUT2D eigenvalue weighted by molar-refractivity contribution is 0.430. The third-order valence-electron chi connectivity index (χ3n) is 2.26. The Morgan fingerprint density at radius 2 is 2.16 bits per heavy atom. The average molecular weight is 282 g/mol. The van der Waals surface area contributed by atoms with Gasteiger partial charge in [0.15, 0.2) is 0 Å². The quantitative estimate of drug-likeness (QED) is 0.864. The number of aromatic nitrogens is 2. The summed E-state index contributed by atoms with van der Waals surface area (Å²) in [4.78, 5) is 4.12. The van der Waals surface area contributed by atoms with Crippen LogP contribution in [0, 0.1) is 6.92 Å². The SMILES string of the molecule is CCNc1cc(S(=O)(=O)Nc2cc(C)no2)ccn1. The molecule has 0 aliphatic rings. The molecule has 0 radical (unpaired) electrons. The summed E-state index contributed by atoms with van der Waals surface area (Å²) in [6.45, 7) is 4.26. The van der Waals surface area contributed by atoms with Gasteiger partial charge in [0.25, 0.3) is 10.0 Å². The zero-order chi connectivity index (χ0) is 13.9. The maximum atomic E-state index is 12.1. The van der Waals surface area contributed by atoms with Crippen molar-refractivity contribution in [3.8, 4) is 0 Å². The highest BCUT2D eigenvalue weighted by atomic mass is 32.2. The topological polar surface area (TPSA) is 97.1 Å². The lowest BCUT2D eigenvalue weighted by Crippen LogP contribution is -2.13. The summed E-state index contributed by atoms with van der Waals surface area (Å²) in [5.41, 5.74) is 0.598. The Labute approximate surface area is 111 Å². The van der Waals surface area contributed by atoms with E-state index in [0.717, 1.165) is 0 Å². The van der Waals surface area contributed by atoms with Gasteiger partial charge in [0, 0.05) is 24.9 Å². The van der Waals surface area contributed by atoms with E-state index in [1.807, 2.05) is 6.92 Å². The molecule has 0 bridgehead atoms. The zero-order valence-electron chi connectivity index (χ0n) is 10.5. The van der Waals surface area contributed by atoms with Crippen molar-refractivity contribution < 1.29 is 12.9 Å². The summed E-state index contributed by atoms with van der Waals surface area (Å²) in [6, 6.07) is 4.37. The molecule has 19 heavy (non-hydrogen) atoms. The van der Waals surface area contributed by atoms with Crippen molar-refractivity contribution in [1.82, 2.24) is 10.1 Å². The second-order valence-corrected chi connectivity index (χ2v) is 5.53. The highest BCUT2D eigenvalue weighted by molar-refractivity contribution is 7.92. The van der Waals surface area contributed by atoms with Crippen molar-refractivity contribution >= 4 is 21.7 Å². The van der Waals surface area contributed by atoms with E-state index in [9.17, 15) is 8.42 Å². The van der Waals surface area contributed by atoms with Crippen molar-refractivity contribution in [2.75, 3.05) is 16.6 Å². The molecule has 0 aromatic carbocycles. The summed E-state index contributed by atoms with van der Waals surface area (Å²) in [6.07, 6.45) is 1.43. The number of nitrogens with zero attached hydrogens (tertiary/aromatic N) is 2. The molecule has 8 heteroatoms. The number of sulfonamides is 1. The number of hydrogen-bond donors (Lipinski definition) is 2. The predicted octanol–water partition coefficient (Wildman–Crippen LogP) is 1.61. The van der Waals surface area contributed by atoms with Gasteiger partial charge in [-0.15, -0.1) is 0 Å². The van der Waals surface area contributed by atoms with E-state index in [4.69, 9.17) is 4.52 Å². The lowest BCUT2D eigenvalue weighted by Gasteiger charge is -2.06. The molecule has 2 aromatic rings. The van der Waals surface area contributed by atoms with Gasteiger partial charge >= 0.3 is 0 Å². The van der Waals surface area contributed by atoms with Gasteiger partial charge < -0.3 is 9.84 Å². The van der Waals surface area contributed by atoms with Crippen LogP contribution in [0.15, 0.2) is 33.8 Å². The van der Waals surface area contributed by atoms with E-state index in [2.05, 4.69) is 20.2 Å². The number of rotatable bonds is 5. The monoisotopic (exact) mass is 282 g/mol. The minimum atomic E-state index is -3.70. The van der Waals surface area contributed by atoms with Crippen molar-refractivity contribution in [1.29, 1.82) is 0 Å². The van der Waals surface area contributed by atoms with Gasteiger partial charge in [-0.1, -0.05) is 5.16 Å². The number of pyridine rings is 1. The Kier molecular flexibility index (Phi) is 3.70. The van der Waals surface area contributed by atoms with Crippen LogP contribution in [0.3, 0.4) is 0 Å². The first-order chi connectivity index (χ1) is 9.01. The van der Waals surface area contributed by atoms with Crippen molar-refractivity contribution in [2.24, 2.45) is 0 Å². The lowest BCUT2D eigenvalue weighted by atomic mass is 10.4. The zero-order valence-corrected chi connectivity index (χ0v) is 11.4. The fraction of sp³-hybridized carbons (Fsp3) is 0.273. The van der Waals surface area contributed by atoms with Crippen LogP contribution in [0.5, 0.6) is 0 Å². The molecule has 2 aromatic heterocycles. The second-order valence-electron chi connectivity index (χ2n) is 3.85. The normalized spacial score (nSPS) is 11.3. The second kappa shape index (κ2) is 5.27. The Morgan fingerprint density at radius 1 is 1.37 bits per heavy atom. The van der Waals surface area contributed by atoms with Crippen LogP contribution in [-0.4, -0.2) is 25.1 Å². The highest BCUT2D eigenvalue weighted by Crippen LogP contribution is 2.18. The van der Waals surface area contributed by atoms with Crippen LogP contribution in [0.1, 0.15) is 12.6 Å². The van der Waals surface area contributed by atoms with E-state index < -0.39 is 10.0 Å². The fourth-order valence-electron chi connectivity index (χ4n) is 1.46. The van der Waals surface area contributed by atoms with Crippen LogP contribution >= 0.6 is 0 Å². The third kappa shape index (κ3) is 3.22. The van der Waals surface area contributed by atoms with Gasteiger partial charge in [-0.25, -0.2) is 18.1 Å². The van der Waals surface area contributed by atoms with Crippen LogP contribution in [0.4, 0.5) is 11.7 Å². The summed E-state index contributed by atoms with van der Waals surface area (Å²) in [5.74, 6) is 0.582. The van der Waals surface area contributed by atoms with Gasteiger partial charge in [0.2, 0.25) is 5.88 Å². The molecule has 0 amide bonds. The van der Waals surface area contributed by atoms with Gasteiger partial charge in [-0.05, 0) is 19.9 Å². The molecule has 7 nitrogen and oxygen atoms in total. The minimum Gasteiger partial charge on any atom is -0.370 e. The van der Waals surface area contributed by atoms with E-state index in [0.29, 0.717) is 18.1 Å².